The van der Waals surface area contributed by atoms with E-state index in [9.17, 15) is 26.0 Å². The van der Waals surface area contributed by atoms with Crippen molar-refractivity contribution in [1.29, 1.82) is 0 Å². The molecule has 196 valence electrons. The van der Waals surface area contributed by atoms with Crippen LogP contribution >= 0.6 is 11.6 Å². The third kappa shape index (κ3) is 6.28. The summed E-state index contributed by atoms with van der Waals surface area (Å²) >= 11 is 5.87. The van der Waals surface area contributed by atoms with E-state index in [1.165, 1.54) is 67.0 Å². The highest BCUT2D eigenvalue weighted by Gasteiger charge is 2.28. The number of halogens is 2. The Balaban J connectivity index is 1.54. The molecule has 0 spiro atoms. The molecule has 4 rings (SSSR count). The lowest BCUT2D eigenvalue weighted by atomic mass is 10.3. The quantitative estimate of drug-likeness (QED) is 0.303. The van der Waals surface area contributed by atoms with Crippen LogP contribution in [-0.4, -0.2) is 34.3 Å². The highest BCUT2D eigenvalue weighted by atomic mass is 35.5. The second-order valence-corrected chi connectivity index (χ2v) is 11.8. The predicted octanol–water partition coefficient (Wildman–Crippen LogP) is 4.51. The van der Waals surface area contributed by atoms with Gasteiger partial charge in [0.05, 0.1) is 32.4 Å². The van der Waals surface area contributed by atoms with E-state index in [1.54, 1.807) is 18.2 Å². The first-order valence-electron chi connectivity index (χ1n) is 10.9. The number of anilines is 3. The Hall–Kier alpha value is -4.00. The maximum atomic E-state index is 13.7. The van der Waals surface area contributed by atoms with Crippen molar-refractivity contribution in [2.24, 2.45) is 0 Å². The number of benzene rings is 3. The minimum absolute atomic E-state index is 0.0154. The van der Waals surface area contributed by atoms with Crippen molar-refractivity contribution in [3.05, 3.63) is 108 Å². The number of hydrogen-bond acceptors (Lipinski definition) is 6. The normalized spacial score (nSPS) is 11.5. The van der Waals surface area contributed by atoms with E-state index in [4.69, 9.17) is 11.6 Å². The highest BCUT2D eigenvalue weighted by Crippen LogP contribution is 2.28. The lowest BCUT2D eigenvalue weighted by Gasteiger charge is -2.24. The third-order valence-electron chi connectivity index (χ3n) is 5.17. The SMILES string of the molecule is O=C(CN(c1ccc(F)c(Cl)c1)S(=O)(=O)c1ccccc1)Nc1ccc(S(=O)(=O)Nc2cccnc2)cc1. The summed E-state index contributed by atoms with van der Waals surface area (Å²) in [5, 5.41) is 2.23. The summed E-state index contributed by atoms with van der Waals surface area (Å²) in [7, 11) is -8.13. The number of rotatable bonds is 9. The number of nitrogens with one attached hydrogen (secondary N) is 2. The molecule has 0 aliphatic carbocycles. The minimum Gasteiger partial charge on any atom is -0.325 e. The van der Waals surface area contributed by atoms with Gasteiger partial charge in [-0.25, -0.2) is 21.2 Å². The molecule has 1 amide bonds. The standard InChI is InChI=1S/C25H20ClFN4O5S2/c26-23-15-20(10-13-24(23)27)31(38(35,36)22-6-2-1-3-7-22)17-25(32)29-18-8-11-21(12-9-18)37(33,34)30-19-5-4-14-28-16-19/h1-16,30H,17H2,(H,29,32). The topological polar surface area (TPSA) is 126 Å². The van der Waals surface area contributed by atoms with E-state index in [0.717, 1.165) is 16.4 Å². The van der Waals surface area contributed by atoms with Gasteiger partial charge in [0.2, 0.25) is 5.91 Å². The van der Waals surface area contributed by atoms with Gasteiger partial charge in [0, 0.05) is 11.9 Å². The molecule has 38 heavy (non-hydrogen) atoms. The van der Waals surface area contributed by atoms with Gasteiger partial charge >= 0.3 is 0 Å². The van der Waals surface area contributed by atoms with Gasteiger partial charge in [0.25, 0.3) is 20.0 Å². The number of sulfonamides is 2. The number of nitrogens with zero attached hydrogens (tertiary/aromatic N) is 2. The van der Waals surface area contributed by atoms with Crippen LogP contribution in [0, 0.1) is 5.82 Å². The van der Waals surface area contributed by atoms with Crippen LogP contribution in [0.15, 0.2) is 107 Å². The van der Waals surface area contributed by atoms with Crippen LogP contribution < -0.4 is 14.3 Å². The first-order valence-corrected chi connectivity index (χ1v) is 14.2. The van der Waals surface area contributed by atoms with Crippen LogP contribution in [0.4, 0.5) is 21.5 Å². The zero-order valence-electron chi connectivity index (χ0n) is 19.5. The largest absolute Gasteiger partial charge is 0.325 e. The van der Waals surface area contributed by atoms with Crippen molar-refractivity contribution in [2.45, 2.75) is 9.79 Å². The van der Waals surface area contributed by atoms with Gasteiger partial charge in [0.1, 0.15) is 12.4 Å². The molecule has 13 heteroatoms. The summed E-state index contributed by atoms with van der Waals surface area (Å²) in [4.78, 5) is 16.6. The Labute approximate surface area is 224 Å². The molecule has 9 nitrogen and oxygen atoms in total. The Morgan fingerprint density at radius 2 is 1.58 bits per heavy atom. The molecule has 1 heterocycles. The Kier molecular flexibility index (Phi) is 7.95. The van der Waals surface area contributed by atoms with E-state index in [1.807, 2.05) is 0 Å². The van der Waals surface area contributed by atoms with Gasteiger partial charge in [-0.05, 0) is 66.7 Å². The van der Waals surface area contributed by atoms with Gasteiger partial charge in [-0.1, -0.05) is 29.8 Å². The molecule has 1 aromatic heterocycles. The lowest BCUT2D eigenvalue weighted by molar-refractivity contribution is -0.114. The molecular weight excluding hydrogens is 555 g/mol. The molecule has 0 saturated heterocycles. The molecule has 3 aromatic carbocycles. The molecule has 0 bridgehead atoms. The molecule has 0 fully saturated rings. The zero-order valence-corrected chi connectivity index (χ0v) is 21.8. The van der Waals surface area contributed by atoms with Gasteiger partial charge in [-0.3, -0.25) is 18.8 Å². The molecular formula is C25H20ClFN4O5S2. The Morgan fingerprint density at radius 3 is 2.21 bits per heavy atom. The molecule has 0 radical (unpaired) electrons. The fourth-order valence-corrected chi connectivity index (χ4v) is 6.01. The number of aromatic nitrogens is 1. The number of amides is 1. The lowest BCUT2D eigenvalue weighted by Crippen LogP contribution is -2.38. The Bertz CT molecular complexity index is 1660. The van der Waals surface area contributed by atoms with Crippen LogP contribution in [0.1, 0.15) is 0 Å². The van der Waals surface area contributed by atoms with Crippen LogP contribution in [0.2, 0.25) is 5.02 Å². The van der Waals surface area contributed by atoms with Gasteiger partial charge in [0.15, 0.2) is 0 Å². The van der Waals surface area contributed by atoms with Crippen molar-refractivity contribution >= 4 is 54.6 Å². The minimum atomic E-state index is -4.23. The summed E-state index contributed by atoms with van der Waals surface area (Å²) in [6.07, 6.45) is 2.86. The summed E-state index contributed by atoms with van der Waals surface area (Å²) in [6, 6.07) is 19.2. The summed E-state index contributed by atoms with van der Waals surface area (Å²) < 4.78 is 68.8. The predicted molar refractivity (Wildman–Crippen MR) is 143 cm³/mol. The maximum Gasteiger partial charge on any atom is 0.264 e. The monoisotopic (exact) mass is 574 g/mol. The Morgan fingerprint density at radius 1 is 0.868 bits per heavy atom. The van der Waals surface area contributed by atoms with E-state index in [-0.39, 0.29) is 31.9 Å². The van der Waals surface area contributed by atoms with E-state index >= 15 is 0 Å². The van der Waals surface area contributed by atoms with Crippen molar-refractivity contribution in [2.75, 3.05) is 20.9 Å². The molecule has 0 unspecified atom stereocenters. The average molecular weight is 575 g/mol. The van der Waals surface area contributed by atoms with E-state index < -0.39 is 38.3 Å². The summed E-state index contributed by atoms with van der Waals surface area (Å²) in [5.41, 5.74) is 0.494. The number of carbonyl (C=O) groups is 1. The van der Waals surface area contributed by atoms with Crippen molar-refractivity contribution in [1.82, 2.24) is 4.98 Å². The van der Waals surface area contributed by atoms with Gasteiger partial charge in [-0.15, -0.1) is 0 Å². The number of carbonyl (C=O) groups excluding carboxylic acids is 1. The fraction of sp³-hybridized carbons (Fsp3) is 0.0400. The van der Waals surface area contributed by atoms with Gasteiger partial charge < -0.3 is 5.32 Å². The smallest absolute Gasteiger partial charge is 0.264 e. The molecule has 0 aliphatic rings. The summed E-state index contributed by atoms with van der Waals surface area (Å²) in [5.74, 6) is -1.47. The highest BCUT2D eigenvalue weighted by molar-refractivity contribution is 7.93. The maximum absolute atomic E-state index is 13.7. The van der Waals surface area contributed by atoms with Crippen molar-refractivity contribution in [3.8, 4) is 0 Å². The van der Waals surface area contributed by atoms with E-state index in [0.29, 0.717) is 0 Å². The first-order chi connectivity index (χ1) is 18.1. The van der Waals surface area contributed by atoms with Crippen LogP contribution in [0.25, 0.3) is 0 Å². The third-order valence-corrected chi connectivity index (χ3v) is 8.65. The second-order valence-electron chi connectivity index (χ2n) is 7.84. The molecule has 2 N–H and O–H groups in total. The van der Waals surface area contributed by atoms with E-state index in [2.05, 4.69) is 15.0 Å². The van der Waals surface area contributed by atoms with Crippen LogP contribution in [0.3, 0.4) is 0 Å². The van der Waals surface area contributed by atoms with Gasteiger partial charge in [-0.2, -0.15) is 0 Å². The van der Waals surface area contributed by atoms with Crippen LogP contribution in [0.5, 0.6) is 0 Å². The molecule has 0 atom stereocenters. The average Bonchev–Trinajstić information content (AvgIpc) is 2.90. The fourth-order valence-electron chi connectivity index (χ4n) is 3.36. The van der Waals surface area contributed by atoms with Crippen molar-refractivity contribution < 1.29 is 26.0 Å². The van der Waals surface area contributed by atoms with Crippen molar-refractivity contribution in [3.63, 3.8) is 0 Å². The number of pyridine rings is 1. The molecule has 4 aromatic rings. The van der Waals surface area contributed by atoms with Crippen LogP contribution in [-0.2, 0) is 24.8 Å². The second kappa shape index (κ2) is 11.2. The first kappa shape index (κ1) is 27.0. The summed E-state index contributed by atoms with van der Waals surface area (Å²) in [6.45, 7) is -0.665. The zero-order chi connectivity index (χ0) is 27.3. The molecule has 0 saturated carbocycles. The number of hydrogen-bond donors (Lipinski definition) is 2. The molecule has 0 aliphatic heterocycles.